The van der Waals surface area contributed by atoms with E-state index >= 15 is 0 Å². The molecule has 0 atom stereocenters. The third-order valence-corrected chi connectivity index (χ3v) is 1.76. The Morgan fingerprint density at radius 3 is 2.11 bits per heavy atom. The Morgan fingerprint density at radius 1 is 1.11 bits per heavy atom. The van der Waals surface area contributed by atoms with Gasteiger partial charge in [0.1, 0.15) is 5.91 Å². The normalized spacial score (nSPS) is 7.78. The minimum Gasteiger partial charge on any atom is -0.659 e. The van der Waals surface area contributed by atoms with Gasteiger partial charge in [-0.05, 0) is 0 Å². The van der Waals surface area contributed by atoms with Gasteiger partial charge in [0, 0.05) is 71.0 Å². The molecule has 5 N–H and O–H groups in total. The fourth-order valence-corrected chi connectivity index (χ4v) is 1.11. The number of amides is 1. The zero-order valence-electron chi connectivity index (χ0n) is 9.38. The number of rotatable bonds is 2. The molecule has 92 valence electrons. The Balaban J connectivity index is -0.000000562. The van der Waals surface area contributed by atoms with Crippen molar-refractivity contribution in [3.63, 3.8) is 0 Å². The molecule has 2 aromatic rings. The number of nitrogens with one attached hydrogen (secondary N) is 1. The van der Waals surface area contributed by atoms with E-state index in [9.17, 15) is 4.79 Å². The number of carbonyl (C=O) groups is 1. The second-order valence-corrected chi connectivity index (χ2v) is 2.72. The van der Waals surface area contributed by atoms with Gasteiger partial charge in [0.25, 0.3) is 0 Å². The van der Waals surface area contributed by atoms with Crippen LogP contribution in [0.15, 0.2) is 40.9 Å². The molecule has 0 saturated carbocycles. The molecule has 2 radical (unpaired) electrons. The molecular weight excluding hydrogens is 390 g/mol. The van der Waals surface area contributed by atoms with Gasteiger partial charge in [0.05, 0.1) is 6.20 Å². The summed E-state index contributed by atoms with van der Waals surface area (Å²) in [7, 11) is 0. The maximum atomic E-state index is 10.6. The van der Waals surface area contributed by atoms with Crippen LogP contribution in [0.1, 0.15) is 10.7 Å². The van der Waals surface area contributed by atoms with Crippen LogP contribution < -0.4 is 0 Å². The van der Waals surface area contributed by atoms with Gasteiger partial charge in [0.2, 0.25) is 5.89 Å². The monoisotopic (exact) mass is 401 g/mol. The van der Waals surface area contributed by atoms with Gasteiger partial charge in [-0.15, -0.1) is 0 Å². The minimum absolute atomic E-state index is 0. The van der Waals surface area contributed by atoms with Crippen molar-refractivity contribution >= 4 is 5.91 Å². The van der Waals surface area contributed by atoms with Crippen LogP contribution in [0.5, 0.6) is 0 Å². The number of hydrogen-bond acceptors (Lipinski definition) is 3. The molecule has 0 aliphatic heterocycles. The SMILES string of the molecule is O.O.[NH-]C(=O)c1ncc(-c2ccccc2)o1.[Y].[Y]. The molecule has 1 amide bonds. The van der Waals surface area contributed by atoms with E-state index in [1.54, 1.807) is 0 Å². The van der Waals surface area contributed by atoms with Gasteiger partial charge in [0.15, 0.2) is 5.76 Å². The van der Waals surface area contributed by atoms with E-state index in [4.69, 9.17) is 10.2 Å². The summed E-state index contributed by atoms with van der Waals surface area (Å²) in [6.45, 7) is 0. The first-order valence-electron chi connectivity index (χ1n) is 4.04. The molecule has 0 unspecified atom stereocenters. The Kier molecular flexibility index (Phi) is 14.0. The largest absolute Gasteiger partial charge is 0.659 e. The fourth-order valence-electron chi connectivity index (χ4n) is 1.11. The number of aromatic nitrogens is 1. The van der Waals surface area contributed by atoms with Gasteiger partial charge < -0.3 is 25.9 Å². The topological polar surface area (TPSA) is 130 Å². The van der Waals surface area contributed by atoms with Crippen LogP contribution in [0.3, 0.4) is 0 Å². The number of carbonyl (C=O) groups excluding carboxylic acids is 1. The summed E-state index contributed by atoms with van der Waals surface area (Å²) in [6.07, 6.45) is 1.44. The van der Waals surface area contributed by atoms with Crippen LogP contribution in [0, 0.1) is 0 Å². The smallest absolute Gasteiger partial charge is 0.244 e. The number of hydrogen-bond donors (Lipinski definition) is 0. The molecule has 6 nitrogen and oxygen atoms in total. The van der Waals surface area contributed by atoms with Crippen molar-refractivity contribution in [3.05, 3.63) is 48.2 Å². The molecule has 8 heteroatoms. The Bertz CT molecular complexity index is 462. The minimum atomic E-state index is -0.910. The van der Waals surface area contributed by atoms with Crippen LogP contribution in [0.25, 0.3) is 17.1 Å². The second-order valence-electron chi connectivity index (χ2n) is 2.72. The molecule has 1 aromatic carbocycles. The molecule has 0 fully saturated rings. The van der Waals surface area contributed by atoms with Crippen molar-refractivity contribution in [2.45, 2.75) is 0 Å². The molecular formula is C10H11N2O4Y2-. The van der Waals surface area contributed by atoms with Crippen LogP contribution in [0.4, 0.5) is 0 Å². The summed E-state index contributed by atoms with van der Waals surface area (Å²) in [5.41, 5.74) is 7.64. The standard InChI is InChI=1S/C10H8N2O2.2H2O.2Y/c11-9(13)10-12-6-8(14-10)7-4-2-1-3-5-7;;;;/h1-6H,(H2,11,13);2*1H2;;/p-1. The summed E-state index contributed by atoms with van der Waals surface area (Å²) < 4.78 is 5.08. The van der Waals surface area contributed by atoms with Crippen molar-refractivity contribution in [1.29, 1.82) is 0 Å². The Hall–Kier alpha value is 0.0278. The maximum absolute atomic E-state index is 10.6. The predicted octanol–water partition coefficient (Wildman–Crippen LogP) is 0.880. The second kappa shape index (κ2) is 10.9. The van der Waals surface area contributed by atoms with E-state index in [2.05, 4.69) is 4.98 Å². The first-order valence-corrected chi connectivity index (χ1v) is 4.04. The van der Waals surface area contributed by atoms with E-state index in [-0.39, 0.29) is 82.3 Å². The summed E-state index contributed by atoms with van der Waals surface area (Å²) in [6, 6.07) is 9.30. The molecule has 0 spiro atoms. The summed E-state index contributed by atoms with van der Waals surface area (Å²) in [5.74, 6) is -0.586. The molecule has 0 aliphatic carbocycles. The summed E-state index contributed by atoms with van der Waals surface area (Å²) >= 11 is 0. The van der Waals surface area contributed by atoms with Crippen LogP contribution >= 0.6 is 0 Å². The maximum Gasteiger partial charge on any atom is 0.244 e. The first-order chi connectivity index (χ1) is 6.77. The number of benzene rings is 1. The van der Waals surface area contributed by atoms with E-state index in [0.29, 0.717) is 5.76 Å². The zero-order valence-corrected chi connectivity index (χ0v) is 15.1. The number of nitrogens with zero attached hydrogens (tertiary/aromatic N) is 1. The quantitative estimate of drug-likeness (QED) is 0.741. The van der Waals surface area contributed by atoms with E-state index in [1.807, 2.05) is 30.3 Å². The van der Waals surface area contributed by atoms with Gasteiger partial charge in [-0.1, -0.05) is 30.3 Å². The summed E-state index contributed by atoms with van der Waals surface area (Å²) in [5, 5.41) is 0. The van der Waals surface area contributed by atoms with E-state index in [0.717, 1.165) is 5.56 Å². The van der Waals surface area contributed by atoms with Crippen molar-refractivity contribution < 1.29 is 85.6 Å². The molecule has 2 rings (SSSR count). The van der Waals surface area contributed by atoms with Gasteiger partial charge in [-0.25, -0.2) is 4.98 Å². The zero-order chi connectivity index (χ0) is 9.97. The van der Waals surface area contributed by atoms with Gasteiger partial charge in [-0.2, -0.15) is 0 Å². The Labute approximate surface area is 154 Å². The van der Waals surface area contributed by atoms with E-state index < -0.39 is 5.91 Å². The van der Waals surface area contributed by atoms with Crippen LogP contribution in [-0.4, -0.2) is 21.8 Å². The Morgan fingerprint density at radius 2 is 1.67 bits per heavy atom. The predicted molar refractivity (Wildman–Crippen MR) is 57.8 cm³/mol. The first kappa shape index (κ1) is 23.1. The van der Waals surface area contributed by atoms with Crippen molar-refractivity contribution in [2.75, 3.05) is 0 Å². The summed E-state index contributed by atoms with van der Waals surface area (Å²) in [4.78, 5) is 14.3. The fraction of sp³-hybridized carbons (Fsp3) is 0. The molecule has 0 saturated heterocycles. The molecule has 1 heterocycles. The van der Waals surface area contributed by atoms with Crippen LogP contribution in [-0.2, 0) is 65.4 Å². The van der Waals surface area contributed by atoms with Crippen LogP contribution in [0.2, 0.25) is 0 Å². The average molecular weight is 401 g/mol. The third kappa shape index (κ3) is 5.78. The van der Waals surface area contributed by atoms with Crippen molar-refractivity contribution in [3.8, 4) is 11.3 Å². The molecule has 0 aliphatic rings. The van der Waals surface area contributed by atoms with E-state index in [1.165, 1.54) is 6.20 Å². The third-order valence-electron chi connectivity index (χ3n) is 1.76. The molecule has 1 aromatic heterocycles. The average Bonchev–Trinajstić information content (AvgIpc) is 2.68. The van der Waals surface area contributed by atoms with Gasteiger partial charge >= 0.3 is 0 Å². The number of oxazole rings is 1. The van der Waals surface area contributed by atoms with Crippen molar-refractivity contribution in [2.24, 2.45) is 0 Å². The molecule has 18 heavy (non-hydrogen) atoms. The molecule has 0 bridgehead atoms. The van der Waals surface area contributed by atoms with Crippen molar-refractivity contribution in [1.82, 2.24) is 4.98 Å². The van der Waals surface area contributed by atoms with Gasteiger partial charge in [-0.3, -0.25) is 0 Å².